The van der Waals surface area contributed by atoms with Crippen molar-refractivity contribution in [2.24, 2.45) is 0 Å². The van der Waals surface area contributed by atoms with E-state index < -0.39 is 25.9 Å². The van der Waals surface area contributed by atoms with Crippen LogP contribution in [-0.4, -0.2) is 22.9 Å². The van der Waals surface area contributed by atoms with Crippen molar-refractivity contribution in [2.75, 3.05) is 9.03 Å². The van der Waals surface area contributed by atoms with E-state index in [-0.39, 0.29) is 20.8 Å². The topological polar surface area (TPSA) is 83.6 Å². The van der Waals surface area contributed by atoms with Crippen LogP contribution in [0.5, 0.6) is 0 Å². The highest BCUT2D eigenvalue weighted by atomic mass is 35.5. The molecule has 0 saturated carbocycles. The second-order valence-corrected chi connectivity index (χ2v) is 12.6. The summed E-state index contributed by atoms with van der Waals surface area (Å²) in [6.07, 6.45) is 1.16. The van der Waals surface area contributed by atoms with Gasteiger partial charge in [0.15, 0.2) is 0 Å². The number of hydrogen-bond acceptors (Lipinski definition) is 5. The monoisotopic (exact) mass is 500 g/mol. The fourth-order valence-corrected chi connectivity index (χ4v) is 7.78. The first-order chi connectivity index (χ1) is 14.6. The summed E-state index contributed by atoms with van der Waals surface area (Å²) in [7, 11) is -7.75. The molecule has 0 saturated heterocycles. The van der Waals surface area contributed by atoms with Crippen molar-refractivity contribution in [1.82, 2.24) is 0 Å². The maximum Gasteiger partial charge on any atom is 0.271 e. The number of aryl methyl sites for hydroxylation is 1. The number of benzene rings is 2. The summed E-state index contributed by atoms with van der Waals surface area (Å²) in [5.74, 6) is -0.408. The molecule has 0 amide bonds. The van der Waals surface area contributed by atoms with Gasteiger partial charge in [-0.2, -0.15) is 0 Å². The van der Waals surface area contributed by atoms with Crippen molar-refractivity contribution < 1.29 is 21.2 Å². The van der Waals surface area contributed by atoms with Crippen LogP contribution in [0.15, 0.2) is 63.7 Å². The standard InChI is InChI=1S/C20H18ClFN2O4S3/c1-13-2-3-14-12-15(22)4-9-18(14)24(13)31(27,28)17-7-5-16(6-8-17)23-30(25,26)20-11-10-19(21)29-20/h4-13,23H,2-3H2,1H3. The Bertz CT molecular complexity index is 1340. The van der Waals surface area contributed by atoms with Gasteiger partial charge in [0.1, 0.15) is 10.0 Å². The number of anilines is 2. The SMILES string of the molecule is CC1CCc2cc(F)ccc2N1S(=O)(=O)c1ccc(NS(=O)(=O)c2ccc(Cl)s2)cc1. The molecule has 2 aromatic carbocycles. The van der Waals surface area contributed by atoms with Crippen LogP contribution >= 0.6 is 22.9 Å². The van der Waals surface area contributed by atoms with Crippen LogP contribution < -0.4 is 9.03 Å². The molecule has 1 atom stereocenters. The van der Waals surface area contributed by atoms with E-state index in [1.165, 1.54) is 58.9 Å². The molecule has 164 valence electrons. The predicted molar refractivity (Wildman–Crippen MR) is 120 cm³/mol. The summed E-state index contributed by atoms with van der Waals surface area (Å²) in [5.41, 5.74) is 1.32. The first kappa shape index (κ1) is 22.1. The van der Waals surface area contributed by atoms with E-state index in [2.05, 4.69) is 4.72 Å². The molecule has 0 spiro atoms. The number of hydrogen-bond donors (Lipinski definition) is 1. The third-order valence-corrected chi connectivity index (χ3v) is 10.0. The molecule has 4 rings (SSSR count). The van der Waals surface area contributed by atoms with Crippen LogP contribution in [0.25, 0.3) is 0 Å². The minimum atomic E-state index is -3.93. The minimum absolute atomic E-state index is 0.0126. The summed E-state index contributed by atoms with van der Waals surface area (Å²) in [4.78, 5) is 0.0126. The lowest BCUT2D eigenvalue weighted by atomic mass is 9.99. The van der Waals surface area contributed by atoms with Crippen molar-refractivity contribution >= 4 is 54.4 Å². The highest BCUT2D eigenvalue weighted by molar-refractivity contribution is 7.94. The highest BCUT2D eigenvalue weighted by Gasteiger charge is 2.34. The summed E-state index contributed by atoms with van der Waals surface area (Å²) in [6.45, 7) is 1.80. The van der Waals surface area contributed by atoms with E-state index in [9.17, 15) is 21.2 Å². The van der Waals surface area contributed by atoms with E-state index >= 15 is 0 Å². The van der Waals surface area contributed by atoms with Crippen LogP contribution in [0.3, 0.4) is 0 Å². The number of rotatable bonds is 5. The molecule has 0 radical (unpaired) electrons. The molecular weight excluding hydrogens is 483 g/mol. The van der Waals surface area contributed by atoms with Gasteiger partial charge in [-0.15, -0.1) is 11.3 Å². The number of nitrogens with one attached hydrogen (secondary N) is 1. The molecule has 0 bridgehead atoms. The Morgan fingerprint density at radius 2 is 1.77 bits per heavy atom. The Labute approximate surface area is 189 Å². The maximum atomic E-state index is 13.6. The second kappa shape index (κ2) is 8.09. The average Bonchev–Trinajstić information content (AvgIpc) is 3.15. The van der Waals surface area contributed by atoms with E-state index in [0.717, 1.165) is 11.3 Å². The Hall–Kier alpha value is -2.14. The Kier molecular flexibility index (Phi) is 5.76. The van der Waals surface area contributed by atoms with Gasteiger partial charge in [-0.3, -0.25) is 9.03 Å². The van der Waals surface area contributed by atoms with Crippen LogP contribution in [0.1, 0.15) is 18.9 Å². The molecule has 0 aliphatic carbocycles. The molecule has 1 aliphatic rings. The summed E-state index contributed by atoms with van der Waals surface area (Å²) in [6, 6.07) is 12.1. The van der Waals surface area contributed by atoms with Crippen LogP contribution in [0.4, 0.5) is 15.8 Å². The summed E-state index contributed by atoms with van der Waals surface area (Å²) < 4.78 is 69.3. The largest absolute Gasteiger partial charge is 0.279 e. The van der Waals surface area contributed by atoms with Crippen molar-refractivity contribution in [2.45, 2.75) is 34.9 Å². The number of fused-ring (bicyclic) bond motifs is 1. The fourth-order valence-electron chi connectivity index (χ4n) is 3.51. The molecule has 1 aliphatic heterocycles. The van der Waals surface area contributed by atoms with Crippen molar-refractivity contribution in [3.05, 3.63) is 70.3 Å². The van der Waals surface area contributed by atoms with E-state index in [1.807, 2.05) is 0 Å². The third-order valence-electron chi connectivity index (χ3n) is 4.99. The van der Waals surface area contributed by atoms with Gasteiger partial charge < -0.3 is 0 Å². The number of nitrogens with zero attached hydrogens (tertiary/aromatic N) is 1. The number of sulfonamides is 2. The van der Waals surface area contributed by atoms with Gasteiger partial charge in [0.2, 0.25) is 0 Å². The average molecular weight is 501 g/mol. The molecule has 1 aromatic heterocycles. The van der Waals surface area contributed by atoms with Gasteiger partial charge in [0, 0.05) is 11.7 Å². The van der Waals surface area contributed by atoms with Crippen molar-refractivity contribution in [1.29, 1.82) is 0 Å². The highest BCUT2D eigenvalue weighted by Crippen LogP contribution is 2.36. The lowest BCUT2D eigenvalue weighted by Crippen LogP contribution is -2.42. The van der Waals surface area contributed by atoms with E-state index in [0.29, 0.717) is 28.4 Å². The second-order valence-electron chi connectivity index (χ2n) is 7.15. The lowest BCUT2D eigenvalue weighted by Gasteiger charge is -2.36. The van der Waals surface area contributed by atoms with Gasteiger partial charge in [-0.05, 0) is 79.9 Å². The zero-order chi connectivity index (χ0) is 22.4. The van der Waals surface area contributed by atoms with Crippen LogP contribution in [-0.2, 0) is 26.5 Å². The zero-order valence-electron chi connectivity index (χ0n) is 16.2. The van der Waals surface area contributed by atoms with Crippen molar-refractivity contribution in [3.63, 3.8) is 0 Å². The first-order valence-electron chi connectivity index (χ1n) is 9.29. The number of halogens is 2. The quantitative estimate of drug-likeness (QED) is 0.541. The Morgan fingerprint density at radius 3 is 2.42 bits per heavy atom. The smallest absolute Gasteiger partial charge is 0.271 e. The zero-order valence-corrected chi connectivity index (χ0v) is 19.5. The molecule has 31 heavy (non-hydrogen) atoms. The molecule has 2 heterocycles. The van der Waals surface area contributed by atoms with Crippen LogP contribution in [0, 0.1) is 5.82 Å². The lowest BCUT2D eigenvalue weighted by molar-refractivity contribution is 0.560. The molecule has 3 aromatic rings. The molecule has 0 fully saturated rings. The predicted octanol–water partition coefficient (Wildman–Crippen LogP) is 4.87. The first-order valence-corrected chi connectivity index (χ1v) is 13.4. The molecule has 6 nitrogen and oxygen atoms in total. The van der Waals surface area contributed by atoms with Gasteiger partial charge in [-0.1, -0.05) is 11.6 Å². The van der Waals surface area contributed by atoms with Gasteiger partial charge in [0.25, 0.3) is 20.0 Å². The fraction of sp³-hybridized carbons (Fsp3) is 0.200. The van der Waals surface area contributed by atoms with Gasteiger partial charge >= 0.3 is 0 Å². The van der Waals surface area contributed by atoms with E-state index in [4.69, 9.17) is 11.6 Å². The Balaban J connectivity index is 1.63. The Morgan fingerprint density at radius 1 is 1.06 bits per heavy atom. The third kappa shape index (κ3) is 4.30. The maximum absolute atomic E-state index is 13.6. The summed E-state index contributed by atoms with van der Waals surface area (Å²) in [5, 5.41) is 0. The minimum Gasteiger partial charge on any atom is -0.279 e. The molecule has 1 unspecified atom stereocenters. The summed E-state index contributed by atoms with van der Waals surface area (Å²) >= 11 is 6.73. The molecule has 11 heteroatoms. The van der Waals surface area contributed by atoms with Gasteiger partial charge in [-0.25, -0.2) is 21.2 Å². The van der Waals surface area contributed by atoms with Crippen molar-refractivity contribution in [3.8, 4) is 0 Å². The van der Waals surface area contributed by atoms with E-state index in [1.54, 1.807) is 6.92 Å². The normalized spacial score (nSPS) is 16.7. The number of thiophene rings is 1. The molecule has 1 N–H and O–H groups in total. The molecular formula is C20H18ClFN2O4S3. The van der Waals surface area contributed by atoms with Gasteiger partial charge in [0.05, 0.1) is 14.9 Å². The van der Waals surface area contributed by atoms with Crippen LogP contribution in [0.2, 0.25) is 4.34 Å².